The Hall–Kier alpha value is -2.12. The molecule has 2 saturated heterocycles. The standard InChI is InChI=1S/C16H18ClN3O4/c1-16(11-4-2-3-5-12(11)17)14(22)20(15(23)18-16)10-13(21)19-6-8-24-9-7-19/h2-5H,6-10H2,1H3,(H,18,23)/t16-/m0/s1. The molecular formula is C16H18ClN3O4. The number of benzene rings is 1. The summed E-state index contributed by atoms with van der Waals surface area (Å²) in [7, 11) is 0. The Morgan fingerprint density at radius 3 is 2.62 bits per heavy atom. The Labute approximate surface area is 144 Å². The van der Waals surface area contributed by atoms with E-state index in [2.05, 4.69) is 5.32 Å². The summed E-state index contributed by atoms with van der Waals surface area (Å²) in [4.78, 5) is 39.9. The lowest BCUT2D eigenvalue weighted by Gasteiger charge is -2.28. The molecule has 2 aliphatic rings. The van der Waals surface area contributed by atoms with E-state index in [4.69, 9.17) is 16.3 Å². The molecule has 1 aromatic rings. The van der Waals surface area contributed by atoms with Gasteiger partial charge < -0.3 is 15.0 Å². The van der Waals surface area contributed by atoms with Gasteiger partial charge >= 0.3 is 6.03 Å². The molecule has 128 valence electrons. The number of carbonyl (C=O) groups excluding carboxylic acids is 3. The van der Waals surface area contributed by atoms with Crippen molar-refractivity contribution >= 4 is 29.4 Å². The van der Waals surface area contributed by atoms with E-state index in [-0.39, 0.29) is 12.5 Å². The second-order valence-corrected chi connectivity index (χ2v) is 6.33. The van der Waals surface area contributed by atoms with Gasteiger partial charge in [0.25, 0.3) is 5.91 Å². The van der Waals surface area contributed by atoms with Gasteiger partial charge in [-0.25, -0.2) is 4.79 Å². The van der Waals surface area contributed by atoms with Gasteiger partial charge in [0.2, 0.25) is 5.91 Å². The quantitative estimate of drug-likeness (QED) is 0.823. The minimum atomic E-state index is -1.28. The van der Waals surface area contributed by atoms with Crippen LogP contribution in [-0.4, -0.2) is 60.5 Å². The maximum Gasteiger partial charge on any atom is 0.325 e. The van der Waals surface area contributed by atoms with E-state index in [0.29, 0.717) is 36.9 Å². The molecule has 1 N–H and O–H groups in total. The van der Waals surface area contributed by atoms with Crippen molar-refractivity contribution in [1.82, 2.24) is 15.1 Å². The van der Waals surface area contributed by atoms with E-state index in [9.17, 15) is 14.4 Å². The molecule has 1 atom stereocenters. The average Bonchev–Trinajstić information content (AvgIpc) is 2.80. The second kappa shape index (κ2) is 6.41. The number of amides is 4. The fourth-order valence-electron chi connectivity index (χ4n) is 2.94. The summed E-state index contributed by atoms with van der Waals surface area (Å²) in [6, 6.07) is 6.24. The zero-order valence-electron chi connectivity index (χ0n) is 13.3. The molecule has 7 nitrogen and oxygen atoms in total. The Bertz CT molecular complexity index is 690. The molecule has 0 unspecified atom stereocenters. The molecule has 2 aliphatic heterocycles. The molecule has 0 spiro atoms. The first-order valence-corrected chi connectivity index (χ1v) is 8.06. The van der Waals surface area contributed by atoms with Crippen molar-refractivity contribution in [2.45, 2.75) is 12.5 Å². The van der Waals surface area contributed by atoms with Crippen molar-refractivity contribution in [3.8, 4) is 0 Å². The van der Waals surface area contributed by atoms with Crippen LogP contribution in [0.4, 0.5) is 4.79 Å². The van der Waals surface area contributed by atoms with Crippen LogP contribution in [0, 0.1) is 0 Å². The summed E-state index contributed by atoms with van der Waals surface area (Å²) in [6.45, 7) is 3.15. The van der Waals surface area contributed by atoms with Gasteiger partial charge in [0.05, 0.1) is 13.2 Å². The third-order valence-corrected chi connectivity index (χ3v) is 4.67. The maximum absolute atomic E-state index is 12.8. The summed E-state index contributed by atoms with van der Waals surface area (Å²) in [5, 5.41) is 3.04. The fourth-order valence-corrected chi connectivity index (χ4v) is 3.26. The molecule has 4 amide bonds. The van der Waals surface area contributed by atoms with Crippen LogP contribution in [-0.2, 0) is 19.9 Å². The van der Waals surface area contributed by atoms with Crippen molar-refractivity contribution in [2.75, 3.05) is 32.8 Å². The van der Waals surface area contributed by atoms with E-state index in [1.165, 1.54) is 0 Å². The van der Waals surface area contributed by atoms with E-state index < -0.39 is 17.5 Å². The largest absolute Gasteiger partial charge is 0.378 e. The van der Waals surface area contributed by atoms with Crippen LogP contribution >= 0.6 is 11.6 Å². The molecule has 0 saturated carbocycles. The number of morpholine rings is 1. The molecule has 2 fully saturated rings. The minimum absolute atomic E-state index is 0.273. The normalized spacial score (nSPS) is 24.2. The predicted molar refractivity (Wildman–Crippen MR) is 86.4 cm³/mol. The van der Waals surface area contributed by atoms with Gasteiger partial charge in [-0.2, -0.15) is 0 Å². The smallest absolute Gasteiger partial charge is 0.325 e. The van der Waals surface area contributed by atoms with Crippen LogP contribution < -0.4 is 5.32 Å². The van der Waals surface area contributed by atoms with Gasteiger partial charge in [0.1, 0.15) is 12.1 Å². The fraction of sp³-hybridized carbons (Fsp3) is 0.438. The first kappa shape index (κ1) is 16.7. The van der Waals surface area contributed by atoms with Gasteiger partial charge in [0.15, 0.2) is 0 Å². The first-order chi connectivity index (χ1) is 11.4. The summed E-state index contributed by atoms with van der Waals surface area (Å²) in [5.41, 5.74) is -0.771. The Kier molecular flexibility index (Phi) is 4.47. The van der Waals surface area contributed by atoms with Crippen LogP contribution in [0.1, 0.15) is 12.5 Å². The third-order valence-electron chi connectivity index (χ3n) is 4.34. The second-order valence-electron chi connectivity index (χ2n) is 5.92. The summed E-state index contributed by atoms with van der Waals surface area (Å²) in [6.07, 6.45) is 0. The molecule has 8 heteroatoms. The van der Waals surface area contributed by atoms with Crippen molar-refractivity contribution in [3.63, 3.8) is 0 Å². The highest BCUT2D eigenvalue weighted by Crippen LogP contribution is 2.33. The zero-order chi connectivity index (χ0) is 17.3. The number of carbonyl (C=O) groups is 3. The molecule has 1 aromatic carbocycles. The average molecular weight is 352 g/mol. The highest BCUT2D eigenvalue weighted by Gasteiger charge is 2.50. The third kappa shape index (κ3) is 2.85. The maximum atomic E-state index is 12.8. The van der Waals surface area contributed by atoms with E-state index in [1.54, 1.807) is 36.1 Å². The molecule has 0 radical (unpaired) electrons. The number of ether oxygens (including phenoxy) is 1. The molecule has 0 aromatic heterocycles. The molecule has 2 heterocycles. The van der Waals surface area contributed by atoms with Crippen LogP contribution in [0.25, 0.3) is 0 Å². The highest BCUT2D eigenvalue weighted by atomic mass is 35.5. The number of rotatable bonds is 3. The Balaban J connectivity index is 1.79. The number of urea groups is 1. The van der Waals surface area contributed by atoms with E-state index in [0.717, 1.165) is 4.90 Å². The monoisotopic (exact) mass is 351 g/mol. The Morgan fingerprint density at radius 2 is 1.96 bits per heavy atom. The van der Waals surface area contributed by atoms with E-state index in [1.807, 2.05) is 0 Å². The summed E-state index contributed by atoms with van der Waals surface area (Å²) in [5.74, 6) is -0.757. The van der Waals surface area contributed by atoms with Crippen LogP contribution in [0.3, 0.4) is 0 Å². The first-order valence-electron chi connectivity index (χ1n) is 7.68. The van der Waals surface area contributed by atoms with Crippen LogP contribution in [0.2, 0.25) is 5.02 Å². The molecular weight excluding hydrogens is 334 g/mol. The molecule has 0 bridgehead atoms. The van der Waals surface area contributed by atoms with Gasteiger partial charge in [0, 0.05) is 23.7 Å². The number of nitrogens with one attached hydrogen (secondary N) is 1. The zero-order valence-corrected chi connectivity index (χ0v) is 14.0. The number of nitrogens with zero attached hydrogens (tertiary/aromatic N) is 2. The Morgan fingerprint density at radius 1 is 1.29 bits per heavy atom. The highest BCUT2D eigenvalue weighted by molar-refractivity contribution is 6.32. The topological polar surface area (TPSA) is 79.0 Å². The lowest BCUT2D eigenvalue weighted by atomic mass is 9.92. The molecule has 24 heavy (non-hydrogen) atoms. The van der Waals surface area contributed by atoms with E-state index >= 15 is 0 Å². The van der Waals surface area contributed by atoms with Gasteiger partial charge in [-0.15, -0.1) is 0 Å². The van der Waals surface area contributed by atoms with Gasteiger partial charge in [-0.05, 0) is 13.0 Å². The van der Waals surface area contributed by atoms with Crippen LogP contribution in [0.5, 0.6) is 0 Å². The minimum Gasteiger partial charge on any atom is -0.378 e. The predicted octanol–water partition coefficient (Wildman–Crippen LogP) is 0.966. The number of hydrogen-bond acceptors (Lipinski definition) is 4. The van der Waals surface area contributed by atoms with Gasteiger partial charge in [-0.1, -0.05) is 29.8 Å². The molecule has 0 aliphatic carbocycles. The van der Waals surface area contributed by atoms with Crippen LogP contribution in [0.15, 0.2) is 24.3 Å². The van der Waals surface area contributed by atoms with Crippen molar-refractivity contribution < 1.29 is 19.1 Å². The SMILES string of the molecule is C[C@@]1(c2ccccc2Cl)NC(=O)N(CC(=O)N2CCOCC2)C1=O. The van der Waals surface area contributed by atoms with Crippen molar-refractivity contribution in [3.05, 3.63) is 34.9 Å². The number of imide groups is 1. The lowest BCUT2D eigenvalue weighted by molar-refractivity contribution is -0.141. The summed E-state index contributed by atoms with van der Waals surface area (Å²) >= 11 is 6.17. The lowest BCUT2D eigenvalue weighted by Crippen LogP contribution is -2.47. The summed E-state index contributed by atoms with van der Waals surface area (Å²) < 4.78 is 5.20. The van der Waals surface area contributed by atoms with Crippen molar-refractivity contribution in [2.24, 2.45) is 0 Å². The number of halogens is 1. The van der Waals surface area contributed by atoms with Crippen molar-refractivity contribution in [1.29, 1.82) is 0 Å². The van der Waals surface area contributed by atoms with Gasteiger partial charge in [-0.3, -0.25) is 14.5 Å². The molecule has 3 rings (SSSR count). The number of hydrogen-bond donors (Lipinski definition) is 1.